The van der Waals surface area contributed by atoms with Crippen LogP contribution in [0.2, 0.25) is 0 Å². The molecule has 1 aromatic rings. The Morgan fingerprint density at radius 3 is 2.76 bits per heavy atom. The standard InChI is InChI=1S/C13H20N4O2S.ClH/c1-10-13(9-15-16-10)20(18,19)17-7-6-14-8-11-4-2-3-5-12(11)17;/h2-5,10,13-16H,6-9H2,1H3;1H. The average Bonchev–Trinajstić information content (AvgIpc) is 2.75. The number of sulfonamides is 1. The van der Waals surface area contributed by atoms with Crippen LogP contribution in [0.4, 0.5) is 5.69 Å². The molecule has 8 heteroatoms. The summed E-state index contributed by atoms with van der Waals surface area (Å²) in [6.07, 6.45) is 0. The molecule has 0 radical (unpaired) electrons. The van der Waals surface area contributed by atoms with Gasteiger partial charge in [0, 0.05) is 32.2 Å². The fourth-order valence-corrected chi connectivity index (χ4v) is 4.81. The van der Waals surface area contributed by atoms with Crippen LogP contribution in [0.15, 0.2) is 24.3 Å². The maximum absolute atomic E-state index is 12.9. The fourth-order valence-electron chi connectivity index (χ4n) is 2.81. The second-order valence-corrected chi connectivity index (χ2v) is 7.35. The van der Waals surface area contributed by atoms with Gasteiger partial charge in [0.25, 0.3) is 0 Å². The molecule has 2 aliphatic rings. The zero-order valence-corrected chi connectivity index (χ0v) is 13.5. The number of fused-ring (bicyclic) bond motifs is 1. The predicted octanol–water partition coefficient (Wildman–Crippen LogP) is 0.213. The molecule has 0 amide bonds. The van der Waals surface area contributed by atoms with Crippen LogP contribution in [0.25, 0.3) is 0 Å². The van der Waals surface area contributed by atoms with E-state index in [0.717, 1.165) is 11.3 Å². The molecule has 0 bridgehead atoms. The van der Waals surface area contributed by atoms with E-state index < -0.39 is 15.3 Å². The van der Waals surface area contributed by atoms with Gasteiger partial charge < -0.3 is 5.32 Å². The third-order valence-electron chi connectivity index (χ3n) is 3.95. The van der Waals surface area contributed by atoms with E-state index in [1.807, 2.05) is 31.2 Å². The van der Waals surface area contributed by atoms with Crippen LogP contribution in [-0.4, -0.2) is 39.3 Å². The average molecular weight is 333 g/mol. The lowest BCUT2D eigenvalue weighted by Crippen LogP contribution is -2.46. The van der Waals surface area contributed by atoms with Gasteiger partial charge in [0.1, 0.15) is 5.25 Å². The smallest absolute Gasteiger partial charge is 0.241 e. The largest absolute Gasteiger partial charge is 0.311 e. The van der Waals surface area contributed by atoms with Crippen LogP contribution in [0, 0.1) is 0 Å². The minimum absolute atomic E-state index is 0. The second-order valence-electron chi connectivity index (χ2n) is 5.27. The first-order valence-corrected chi connectivity index (χ1v) is 8.39. The molecule has 3 N–H and O–H groups in total. The van der Waals surface area contributed by atoms with E-state index in [1.165, 1.54) is 0 Å². The Balaban J connectivity index is 0.00000161. The number of nitrogens with zero attached hydrogens (tertiary/aromatic N) is 1. The van der Waals surface area contributed by atoms with Crippen LogP contribution in [0.3, 0.4) is 0 Å². The summed E-state index contributed by atoms with van der Waals surface area (Å²) in [6.45, 7) is 4.18. The maximum Gasteiger partial charge on any atom is 0.241 e. The van der Waals surface area contributed by atoms with Crippen molar-refractivity contribution in [2.24, 2.45) is 0 Å². The van der Waals surface area contributed by atoms with Crippen molar-refractivity contribution in [3.8, 4) is 0 Å². The van der Waals surface area contributed by atoms with Gasteiger partial charge in [-0.25, -0.2) is 8.42 Å². The highest BCUT2D eigenvalue weighted by molar-refractivity contribution is 7.93. The second kappa shape index (κ2) is 6.50. The fraction of sp³-hybridized carbons (Fsp3) is 0.538. The number of hydrogen-bond acceptors (Lipinski definition) is 5. The van der Waals surface area contributed by atoms with Gasteiger partial charge >= 0.3 is 0 Å². The number of nitrogens with one attached hydrogen (secondary N) is 3. The van der Waals surface area contributed by atoms with Crippen LogP contribution < -0.4 is 20.5 Å². The molecule has 21 heavy (non-hydrogen) atoms. The molecule has 6 nitrogen and oxygen atoms in total. The molecular formula is C13H21ClN4O2S. The number of halogens is 1. The molecule has 2 atom stereocenters. The van der Waals surface area contributed by atoms with Crippen molar-refractivity contribution in [3.63, 3.8) is 0 Å². The lowest BCUT2D eigenvalue weighted by Gasteiger charge is -2.28. The first-order chi connectivity index (χ1) is 9.60. The normalized spacial score (nSPS) is 25.9. The molecule has 1 saturated heterocycles. The van der Waals surface area contributed by atoms with Crippen molar-refractivity contribution in [1.29, 1.82) is 0 Å². The van der Waals surface area contributed by atoms with Crippen LogP contribution in [-0.2, 0) is 16.6 Å². The Bertz CT molecular complexity index is 596. The molecular weight excluding hydrogens is 312 g/mol. The third-order valence-corrected chi connectivity index (χ3v) is 6.28. The van der Waals surface area contributed by atoms with E-state index in [1.54, 1.807) is 4.31 Å². The summed E-state index contributed by atoms with van der Waals surface area (Å²) in [6, 6.07) is 7.60. The third kappa shape index (κ3) is 3.02. The number of anilines is 1. The molecule has 0 aromatic heterocycles. The van der Waals surface area contributed by atoms with Crippen LogP contribution in [0.1, 0.15) is 12.5 Å². The Kier molecular flexibility index (Phi) is 5.11. The van der Waals surface area contributed by atoms with Crippen molar-refractivity contribution < 1.29 is 8.42 Å². The highest BCUT2D eigenvalue weighted by Gasteiger charge is 2.39. The maximum atomic E-state index is 12.9. The van der Waals surface area contributed by atoms with Crippen LogP contribution in [0.5, 0.6) is 0 Å². The topological polar surface area (TPSA) is 73.5 Å². The lowest BCUT2D eigenvalue weighted by atomic mass is 10.2. The zero-order valence-electron chi connectivity index (χ0n) is 11.9. The molecule has 2 aliphatic heterocycles. The molecule has 0 aliphatic carbocycles. The SMILES string of the molecule is CC1NNCC1S(=O)(=O)N1CCNCc2ccccc21.Cl. The predicted molar refractivity (Wildman–Crippen MR) is 86.1 cm³/mol. The summed E-state index contributed by atoms with van der Waals surface area (Å²) in [5.74, 6) is 0. The summed E-state index contributed by atoms with van der Waals surface area (Å²) >= 11 is 0. The lowest BCUT2D eigenvalue weighted by molar-refractivity contribution is 0.556. The first kappa shape index (κ1) is 16.5. The van der Waals surface area contributed by atoms with Gasteiger partial charge in [-0.3, -0.25) is 15.2 Å². The summed E-state index contributed by atoms with van der Waals surface area (Å²) in [4.78, 5) is 0. The molecule has 3 rings (SSSR count). The highest BCUT2D eigenvalue weighted by Crippen LogP contribution is 2.27. The van der Waals surface area contributed by atoms with E-state index in [2.05, 4.69) is 16.2 Å². The van der Waals surface area contributed by atoms with E-state index >= 15 is 0 Å². The molecule has 2 unspecified atom stereocenters. The highest BCUT2D eigenvalue weighted by atomic mass is 35.5. The first-order valence-electron chi connectivity index (χ1n) is 6.89. The van der Waals surface area contributed by atoms with Gasteiger partial charge in [-0.1, -0.05) is 18.2 Å². The number of hydrazine groups is 1. The van der Waals surface area contributed by atoms with Gasteiger partial charge in [0.15, 0.2) is 0 Å². The van der Waals surface area contributed by atoms with Crippen LogP contribution >= 0.6 is 12.4 Å². The van der Waals surface area contributed by atoms with Gasteiger partial charge in [0.2, 0.25) is 10.0 Å². The van der Waals surface area contributed by atoms with Crippen molar-refractivity contribution in [1.82, 2.24) is 16.2 Å². The van der Waals surface area contributed by atoms with E-state index in [-0.39, 0.29) is 18.4 Å². The van der Waals surface area contributed by atoms with Crippen molar-refractivity contribution in [2.45, 2.75) is 24.8 Å². The molecule has 0 saturated carbocycles. The minimum Gasteiger partial charge on any atom is -0.311 e. The molecule has 2 heterocycles. The van der Waals surface area contributed by atoms with E-state index in [4.69, 9.17) is 0 Å². The van der Waals surface area contributed by atoms with Gasteiger partial charge in [0.05, 0.1) is 5.69 Å². The summed E-state index contributed by atoms with van der Waals surface area (Å²) < 4.78 is 27.4. The number of hydrogen-bond donors (Lipinski definition) is 3. The molecule has 118 valence electrons. The molecule has 1 aromatic carbocycles. The molecule has 1 fully saturated rings. The monoisotopic (exact) mass is 332 g/mol. The Morgan fingerprint density at radius 1 is 1.29 bits per heavy atom. The summed E-state index contributed by atoms with van der Waals surface area (Å²) in [7, 11) is -3.38. The molecule has 0 spiro atoms. The summed E-state index contributed by atoms with van der Waals surface area (Å²) in [5, 5.41) is 2.83. The number of rotatable bonds is 2. The quantitative estimate of drug-likeness (QED) is 0.722. The van der Waals surface area contributed by atoms with E-state index in [9.17, 15) is 8.42 Å². The summed E-state index contributed by atoms with van der Waals surface area (Å²) in [5.41, 5.74) is 7.75. The van der Waals surface area contributed by atoms with Crippen molar-refractivity contribution in [2.75, 3.05) is 23.9 Å². The van der Waals surface area contributed by atoms with Gasteiger partial charge in [-0.2, -0.15) is 0 Å². The van der Waals surface area contributed by atoms with Crippen molar-refractivity contribution >= 4 is 28.1 Å². The number of para-hydroxylation sites is 1. The Morgan fingerprint density at radius 2 is 2.05 bits per heavy atom. The van der Waals surface area contributed by atoms with Crippen molar-refractivity contribution in [3.05, 3.63) is 29.8 Å². The van der Waals surface area contributed by atoms with E-state index in [0.29, 0.717) is 26.2 Å². The Labute approximate surface area is 131 Å². The Hall–Kier alpha value is -0.860. The zero-order chi connectivity index (χ0) is 14.2. The van der Waals surface area contributed by atoms with Gasteiger partial charge in [-0.05, 0) is 18.6 Å². The minimum atomic E-state index is -3.38. The van der Waals surface area contributed by atoms with Gasteiger partial charge in [-0.15, -0.1) is 12.4 Å². The number of benzene rings is 1.